The van der Waals surface area contributed by atoms with E-state index >= 15 is 4.39 Å². The highest BCUT2D eigenvalue weighted by Gasteiger charge is 2.45. The Bertz CT molecular complexity index is 1620. The van der Waals surface area contributed by atoms with E-state index in [1.807, 2.05) is 17.9 Å². The Labute approximate surface area is 262 Å². The quantitative estimate of drug-likeness (QED) is 0.373. The molecule has 13 heteroatoms. The molecular formula is C33H34F5N5O3. The number of amides is 1. The lowest BCUT2D eigenvalue weighted by Gasteiger charge is -2.43. The first kappa shape index (κ1) is 31.8. The Balaban J connectivity index is 1.20. The molecule has 0 radical (unpaired) electrons. The molecule has 2 fully saturated rings. The Morgan fingerprint density at radius 3 is 2.41 bits per heavy atom. The highest BCUT2D eigenvalue weighted by Crippen LogP contribution is 2.38. The summed E-state index contributed by atoms with van der Waals surface area (Å²) in [6, 6.07) is 10.1. The van der Waals surface area contributed by atoms with Gasteiger partial charge in [0.05, 0.1) is 5.92 Å². The van der Waals surface area contributed by atoms with Crippen LogP contribution >= 0.6 is 0 Å². The first-order valence-corrected chi connectivity index (χ1v) is 15.4. The molecule has 3 aliphatic rings. The van der Waals surface area contributed by atoms with Crippen LogP contribution in [0, 0.1) is 17.6 Å². The molecule has 2 saturated heterocycles. The van der Waals surface area contributed by atoms with Crippen LogP contribution in [-0.2, 0) is 35.0 Å². The largest absolute Gasteiger partial charge is 0.480 e. The zero-order chi connectivity index (χ0) is 32.7. The maximum Gasteiger partial charge on any atom is 0.435 e. The third-order valence-electron chi connectivity index (χ3n) is 9.52. The summed E-state index contributed by atoms with van der Waals surface area (Å²) in [6.07, 6.45) is -1.21. The number of alkyl halides is 3. The van der Waals surface area contributed by atoms with Crippen LogP contribution in [0.3, 0.4) is 0 Å². The highest BCUT2D eigenvalue weighted by molar-refractivity contribution is 5.82. The number of fused-ring (bicyclic) bond motifs is 1. The second-order valence-electron chi connectivity index (χ2n) is 12.4. The molecule has 0 unspecified atom stereocenters. The molecule has 1 N–H and O–H groups in total. The van der Waals surface area contributed by atoms with Crippen molar-refractivity contribution in [2.75, 3.05) is 37.6 Å². The molecule has 0 saturated carbocycles. The molecule has 0 spiro atoms. The van der Waals surface area contributed by atoms with Gasteiger partial charge in [-0.1, -0.05) is 24.3 Å². The first-order chi connectivity index (χ1) is 21.9. The predicted molar refractivity (Wildman–Crippen MR) is 158 cm³/mol. The minimum Gasteiger partial charge on any atom is -0.480 e. The fourth-order valence-electron chi connectivity index (χ4n) is 7.16. The number of carboxylic acid groups (broad SMARTS) is 1. The van der Waals surface area contributed by atoms with Crippen LogP contribution in [0.2, 0.25) is 0 Å². The number of carbonyl (C=O) groups excluding carboxylic acids is 1. The van der Waals surface area contributed by atoms with Crippen LogP contribution in [0.5, 0.6) is 0 Å². The van der Waals surface area contributed by atoms with E-state index in [-0.39, 0.29) is 43.0 Å². The SMILES string of the molecule is C[C@H]1CN([C@@H](Cc2ccc3c(c2)CCC3)C(=O)O)CCN1C(=O)[C@@H]1CN(c2ccc(C(F)(F)F)nn2)C[C@H]1c1ccc(F)cc1F. The fourth-order valence-corrected chi connectivity index (χ4v) is 7.16. The molecular weight excluding hydrogens is 609 g/mol. The molecule has 46 heavy (non-hydrogen) atoms. The third-order valence-corrected chi connectivity index (χ3v) is 9.52. The lowest BCUT2D eigenvalue weighted by Crippen LogP contribution is -2.59. The lowest BCUT2D eigenvalue weighted by molar-refractivity contribution is -0.147. The Kier molecular flexibility index (Phi) is 8.70. The Morgan fingerprint density at radius 2 is 1.74 bits per heavy atom. The molecule has 8 nitrogen and oxygen atoms in total. The molecule has 1 aromatic heterocycles. The van der Waals surface area contributed by atoms with Gasteiger partial charge in [-0.25, -0.2) is 8.78 Å². The van der Waals surface area contributed by atoms with Gasteiger partial charge < -0.3 is 14.9 Å². The van der Waals surface area contributed by atoms with E-state index in [2.05, 4.69) is 22.3 Å². The topological polar surface area (TPSA) is 89.9 Å². The molecule has 1 amide bonds. The van der Waals surface area contributed by atoms with E-state index in [4.69, 9.17) is 0 Å². The Hall–Kier alpha value is -4.13. The summed E-state index contributed by atoms with van der Waals surface area (Å²) in [5.74, 6) is -4.29. The van der Waals surface area contributed by atoms with Crippen LogP contribution in [0.1, 0.15) is 47.2 Å². The van der Waals surface area contributed by atoms with Gasteiger partial charge in [0.15, 0.2) is 11.5 Å². The van der Waals surface area contributed by atoms with E-state index in [0.29, 0.717) is 19.5 Å². The van der Waals surface area contributed by atoms with Gasteiger partial charge in [0.1, 0.15) is 17.7 Å². The smallest absolute Gasteiger partial charge is 0.435 e. The molecule has 2 aliphatic heterocycles. The number of anilines is 1. The number of hydrogen-bond donors (Lipinski definition) is 1. The molecule has 1 aliphatic carbocycles. The van der Waals surface area contributed by atoms with E-state index in [0.717, 1.165) is 49.1 Å². The van der Waals surface area contributed by atoms with Crippen LogP contribution in [0.25, 0.3) is 0 Å². The van der Waals surface area contributed by atoms with Gasteiger partial charge in [-0.3, -0.25) is 14.5 Å². The van der Waals surface area contributed by atoms with Crippen LogP contribution in [0.4, 0.5) is 27.8 Å². The zero-order valence-corrected chi connectivity index (χ0v) is 25.2. The average molecular weight is 644 g/mol. The zero-order valence-electron chi connectivity index (χ0n) is 25.2. The second-order valence-corrected chi connectivity index (χ2v) is 12.4. The van der Waals surface area contributed by atoms with Gasteiger partial charge in [0.25, 0.3) is 0 Å². The van der Waals surface area contributed by atoms with Crippen molar-refractivity contribution in [2.45, 2.75) is 56.8 Å². The summed E-state index contributed by atoms with van der Waals surface area (Å²) >= 11 is 0. The standard InChI is InChI=1S/C33H34F5N5O3/c1-19-16-41(28(32(45)46)14-20-5-6-21-3-2-4-22(21)13-20)11-12-43(19)31(44)26-18-42(30-10-9-29(39-40-30)33(36,37)38)17-25(26)24-8-7-23(34)15-27(24)35/h5-10,13,15,19,25-26,28H,2-4,11-12,14,16-18H2,1H3,(H,45,46)/t19-,25-,26+,28-/m0/s1. The van der Waals surface area contributed by atoms with Crippen molar-refractivity contribution in [3.63, 3.8) is 0 Å². The minimum atomic E-state index is -4.67. The predicted octanol–water partition coefficient (Wildman–Crippen LogP) is 4.71. The van der Waals surface area contributed by atoms with Gasteiger partial charge in [-0.2, -0.15) is 13.2 Å². The molecule has 3 heterocycles. The number of carbonyl (C=O) groups is 2. The van der Waals surface area contributed by atoms with E-state index in [9.17, 15) is 32.3 Å². The number of rotatable bonds is 7. The lowest BCUT2D eigenvalue weighted by atomic mass is 9.87. The maximum absolute atomic E-state index is 15.0. The number of halogens is 5. The van der Waals surface area contributed by atoms with Crippen LogP contribution in [-0.4, -0.2) is 81.8 Å². The molecule has 6 rings (SSSR count). The van der Waals surface area contributed by atoms with Crippen molar-refractivity contribution in [1.82, 2.24) is 20.0 Å². The van der Waals surface area contributed by atoms with Crippen molar-refractivity contribution in [3.05, 3.63) is 88.1 Å². The van der Waals surface area contributed by atoms with Gasteiger partial charge in [-0.05, 0) is 73.1 Å². The number of benzene rings is 2. The normalized spacial score (nSPS) is 22.6. The number of aryl methyl sites for hydroxylation is 2. The van der Waals surface area contributed by atoms with Gasteiger partial charge in [0, 0.05) is 50.7 Å². The van der Waals surface area contributed by atoms with Crippen molar-refractivity contribution < 1.29 is 36.6 Å². The number of aromatic nitrogens is 2. The number of hydrogen-bond acceptors (Lipinski definition) is 6. The summed E-state index contributed by atoms with van der Waals surface area (Å²) in [7, 11) is 0. The van der Waals surface area contributed by atoms with Gasteiger partial charge in [0.2, 0.25) is 5.91 Å². The van der Waals surface area contributed by atoms with Gasteiger partial charge >= 0.3 is 12.1 Å². The van der Waals surface area contributed by atoms with E-state index < -0.39 is 47.4 Å². The number of aliphatic carboxylic acids is 1. The molecule has 2 aromatic carbocycles. The van der Waals surface area contributed by atoms with Gasteiger partial charge in [-0.15, -0.1) is 10.2 Å². The second kappa shape index (κ2) is 12.6. The average Bonchev–Trinajstić information content (AvgIpc) is 3.66. The summed E-state index contributed by atoms with van der Waals surface area (Å²) in [5, 5.41) is 17.2. The summed E-state index contributed by atoms with van der Waals surface area (Å²) in [6.45, 7) is 2.78. The Morgan fingerprint density at radius 1 is 0.957 bits per heavy atom. The summed E-state index contributed by atoms with van der Waals surface area (Å²) in [5.41, 5.74) is 2.50. The van der Waals surface area contributed by atoms with E-state index in [1.54, 1.807) is 9.80 Å². The third kappa shape index (κ3) is 6.42. The minimum absolute atomic E-state index is 0.0311. The first-order valence-electron chi connectivity index (χ1n) is 15.4. The number of nitrogens with zero attached hydrogens (tertiary/aromatic N) is 5. The highest BCUT2D eigenvalue weighted by atomic mass is 19.4. The van der Waals surface area contributed by atoms with E-state index in [1.165, 1.54) is 17.2 Å². The monoisotopic (exact) mass is 643 g/mol. The molecule has 244 valence electrons. The summed E-state index contributed by atoms with van der Waals surface area (Å²) in [4.78, 5) is 31.7. The molecule has 4 atom stereocenters. The fraction of sp³-hybridized carbons (Fsp3) is 0.455. The van der Waals surface area contributed by atoms with Crippen molar-refractivity contribution >= 4 is 17.7 Å². The maximum atomic E-state index is 15.0. The summed E-state index contributed by atoms with van der Waals surface area (Å²) < 4.78 is 68.0. The van der Waals surface area contributed by atoms with Crippen LogP contribution in [0.15, 0.2) is 48.5 Å². The van der Waals surface area contributed by atoms with Crippen molar-refractivity contribution in [2.24, 2.45) is 5.92 Å². The molecule has 0 bridgehead atoms. The van der Waals surface area contributed by atoms with Crippen molar-refractivity contribution in [1.29, 1.82) is 0 Å². The number of carboxylic acids is 1. The van der Waals surface area contributed by atoms with Crippen molar-refractivity contribution in [3.8, 4) is 0 Å². The molecule has 3 aromatic rings. The van der Waals surface area contributed by atoms with Crippen LogP contribution < -0.4 is 4.90 Å². The number of piperazine rings is 1.